The van der Waals surface area contributed by atoms with Crippen molar-refractivity contribution in [3.8, 4) is 0 Å². The van der Waals surface area contributed by atoms with E-state index in [9.17, 15) is 9.59 Å². The number of carbonyl (C=O) groups is 2. The van der Waals surface area contributed by atoms with E-state index in [1.54, 1.807) is 12.1 Å². The summed E-state index contributed by atoms with van der Waals surface area (Å²) in [6, 6.07) is 14.8. The van der Waals surface area contributed by atoms with Gasteiger partial charge in [0.2, 0.25) is 5.91 Å². The molecule has 2 amide bonds. The number of carbonyl (C=O) groups excluding carboxylic acids is 2. The highest BCUT2D eigenvalue weighted by molar-refractivity contribution is 7.99. The van der Waals surface area contributed by atoms with Crippen LogP contribution >= 0.6 is 11.8 Å². The number of aromatic nitrogens is 3. The van der Waals surface area contributed by atoms with Crippen LogP contribution in [0, 0.1) is 6.92 Å². The highest BCUT2D eigenvalue weighted by atomic mass is 32.2. The van der Waals surface area contributed by atoms with Crippen LogP contribution in [0.4, 0.5) is 5.69 Å². The molecular formula is C24H29N5O2S. The van der Waals surface area contributed by atoms with Crippen molar-refractivity contribution in [1.29, 1.82) is 0 Å². The van der Waals surface area contributed by atoms with Crippen molar-refractivity contribution < 1.29 is 9.59 Å². The van der Waals surface area contributed by atoms with Crippen LogP contribution in [0.2, 0.25) is 0 Å². The Morgan fingerprint density at radius 1 is 1.06 bits per heavy atom. The Balaban J connectivity index is 1.65. The van der Waals surface area contributed by atoms with Crippen molar-refractivity contribution in [3.05, 3.63) is 71.0 Å². The second kappa shape index (κ2) is 10.9. The lowest BCUT2D eigenvalue weighted by Gasteiger charge is -2.15. The van der Waals surface area contributed by atoms with Crippen LogP contribution in [0.15, 0.2) is 53.7 Å². The fourth-order valence-electron chi connectivity index (χ4n) is 3.47. The van der Waals surface area contributed by atoms with E-state index in [-0.39, 0.29) is 23.6 Å². The lowest BCUT2D eigenvalue weighted by Crippen LogP contribution is -2.28. The van der Waals surface area contributed by atoms with Crippen molar-refractivity contribution in [2.45, 2.75) is 51.9 Å². The second-order valence-corrected chi connectivity index (χ2v) is 8.39. The molecule has 2 aromatic carbocycles. The maximum Gasteiger partial charge on any atom is 0.251 e. The monoisotopic (exact) mass is 451 g/mol. The maximum absolute atomic E-state index is 12.6. The molecule has 3 aromatic rings. The van der Waals surface area contributed by atoms with Crippen LogP contribution in [0.3, 0.4) is 0 Å². The molecule has 0 spiro atoms. The van der Waals surface area contributed by atoms with Crippen molar-refractivity contribution in [2.75, 3.05) is 11.1 Å². The van der Waals surface area contributed by atoms with Gasteiger partial charge in [-0.1, -0.05) is 55.1 Å². The molecule has 0 unspecified atom stereocenters. The molecule has 0 bridgehead atoms. The Morgan fingerprint density at radius 3 is 2.50 bits per heavy atom. The van der Waals surface area contributed by atoms with Gasteiger partial charge in [-0.05, 0) is 50.5 Å². The van der Waals surface area contributed by atoms with E-state index in [0.29, 0.717) is 23.1 Å². The number of hydrogen-bond donors (Lipinski definition) is 2. The summed E-state index contributed by atoms with van der Waals surface area (Å²) in [6.45, 7) is 8.57. The number of aryl methyl sites for hydroxylation is 2. The van der Waals surface area contributed by atoms with Crippen molar-refractivity contribution in [3.63, 3.8) is 0 Å². The van der Waals surface area contributed by atoms with Gasteiger partial charge in [0.1, 0.15) is 0 Å². The van der Waals surface area contributed by atoms with Crippen molar-refractivity contribution in [2.24, 2.45) is 0 Å². The first-order valence-corrected chi connectivity index (χ1v) is 11.7. The summed E-state index contributed by atoms with van der Waals surface area (Å²) in [7, 11) is 0. The molecule has 1 heterocycles. The quantitative estimate of drug-likeness (QED) is 0.471. The minimum atomic E-state index is -0.322. The number of benzene rings is 2. The average molecular weight is 452 g/mol. The number of hydrogen-bond acceptors (Lipinski definition) is 5. The van der Waals surface area contributed by atoms with Gasteiger partial charge >= 0.3 is 0 Å². The fourth-order valence-corrected chi connectivity index (χ4v) is 4.28. The van der Waals surface area contributed by atoms with Gasteiger partial charge in [-0.15, -0.1) is 10.2 Å². The van der Waals surface area contributed by atoms with Gasteiger partial charge in [0.05, 0.1) is 11.8 Å². The van der Waals surface area contributed by atoms with E-state index in [2.05, 4.69) is 27.8 Å². The normalized spacial score (nSPS) is 11.8. The van der Waals surface area contributed by atoms with Crippen LogP contribution in [0.25, 0.3) is 0 Å². The zero-order chi connectivity index (χ0) is 23.1. The molecule has 0 fully saturated rings. The van der Waals surface area contributed by atoms with Gasteiger partial charge in [0, 0.05) is 17.8 Å². The molecule has 168 valence electrons. The topological polar surface area (TPSA) is 88.9 Å². The molecule has 7 nitrogen and oxygen atoms in total. The molecule has 0 aliphatic heterocycles. The molecule has 2 N–H and O–H groups in total. The van der Waals surface area contributed by atoms with Crippen LogP contribution < -0.4 is 10.6 Å². The van der Waals surface area contributed by atoms with Gasteiger partial charge in [-0.3, -0.25) is 9.59 Å². The number of para-hydroxylation sites is 1. The number of anilines is 1. The molecule has 8 heteroatoms. The predicted molar refractivity (Wildman–Crippen MR) is 128 cm³/mol. The van der Waals surface area contributed by atoms with Crippen LogP contribution in [0.1, 0.15) is 54.1 Å². The molecule has 0 radical (unpaired) electrons. The molecule has 0 aliphatic carbocycles. The Labute approximate surface area is 193 Å². The molecule has 0 saturated heterocycles. The average Bonchev–Trinajstić information content (AvgIpc) is 3.22. The molecule has 1 atom stereocenters. The van der Waals surface area contributed by atoms with Crippen LogP contribution in [-0.4, -0.2) is 32.3 Å². The fraction of sp³-hybridized carbons (Fsp3) is 0.333. The summed E-state index contributed by atoms with van der Waals surface area (Å²) >= 11 is 1.34. The summed E-state index contributed by atoms with van der Waals surface area (Å²) < 4.78 is 1.93. The van der Waals surface area contributed by atoms with E-state index in [1.807, 2.05) is 61.7 Å². The molecule has 1 aromatic heterocycles. The maximum atomic E-state index is 12.6. The van der Waals surface area contributed by atoms with Gasteiger partial charge in [-0.25, -0.2) is 0 Å². The van der Waals surface area contributed by atoms with Gasteiger partial charge < -0.3 is 15.2 Å². The van der Waals surface area contributed by atoms with Crippen molar-refractivity contribution >= 4 is 29.3 Å². The Kier molecular flexibility index (Phi) is 8.05. The summed E-state index contributed by atoms with van der Waals surface area (Å²) in [6.07, 6.45) is 0.852. The molecule has 0 aliphatic rings. The minimum absolute atomic E-state index is 0.0865. The zero-order valence-corrected chi connectivity index (χ0v) is 19.7. The number of thioether (sulfide) groups is 1. The Bertz CT molecular complexity index is 1080. The lowest BCUT2D eigenvalue weighted by atomic mass is 10.1. The van der Waals surface area contributed by atoms with Gasteiger partial charge in [-0.2, -0.15) is 0 Å². The Morgan fingerprint density at radius 2 is 1.81 bits per heavy atom. The van der Waals surface area contributed by atoms with Gasteiger partial charge in [0.25, 0.3) is 5.91 Å². The SMILES string of the molecule is CCc1cccc(C)c1NC(=O)CSc1nnc([C@H](C)NC(=O)c2ccccc2)n1CC. The summed E-state index contributed by atoms with van der Waals surface area (Å²) in [5.41, 5.74) is 3.64. The van der Waals surface area contributed by atoms with E-state index >= 15 is 0 Å². The molecule has 3 rings (SSSR count). The minimum Gasteiger partial charge on any atom is -0.342 e. The molecule has 0 saturated carbocycles. The van der Waals surface area contributed by atoms with E-state index in [4.69, 9.17) is 0 Å². The first-order chi connectivity index (χ1) is 15.4. The largest absolute Gasteiger partial charge is 0.342 e. The first-order valence-electron chi connectivity index (χ1n) is 10.7. The number of nitrogens with one attached hydrogen (secondary N) is 2. The predicted octanol–water partition coefficient (Wildman–Crippen LogP) is 4.39. The number of rotatable bonds is 9. The lowest BCUT2D eigenvalue weighted by molar-refractivity contribution is -0.113. The van der Waals surface area contributed by atoms with Gasteiger partial charge in [0.15, 0.2) is 11.0 Å². The first kappa shape index (κ1) is 23.5. The third-order valence-electron chi connectivity index (χ3n) is 5.17. The third kappa shape index (κ3) is 5.56. The smallest absolute Gasteiger partial charge is 0.251 e. The summed E-state index contributed by atoms with van der Waals surface area (Å²) in [4.78, 5) is 25.1. The number of amides is 2. The Hall–Kier alpha value is -3.13. The molecule has 32 heavy (non-hydrogen) atoms. The summed E-state index contributed by atoms with van der Waals surface area (Å²) in [5.74, 6) is 0.631. The van der Waals surface area contributed by atoms with Crippen molar-refractivity contribution in [1.82, 2.24) is 20.1 Å². The van der Waals surface area contributed by atoms with E-state index in [1.165, 1.54) is 11.8 Å². The second-order valence-electron chi connectivity index (χ2n) is 7.45. The van der Waals surface area contributed by atoms with E-state index < -0.39 is 0 Å². The van der Waals surface area contributed by atoms with Crippen LogP contribution in [0.5, 0.6) is 0 Å². The highest BCUT2D eigenvalue weighted by Gasteiger charge is 2.20. The van der Waals surface area contributed by atoms with E-state index in [0.717, 1.165) is 23.2 Å². The standard InChI is InChI=1S/C24H29N5O2S/c1-5-18-14-10-11-16(3)21(18)26-20(30)15-32-24-28-27-22(29(24)6-2)17(4)25-23(31)19-12-8-7-9-13-19/h7-14,17H,5-6,15H2,1-4H3,(H,25,31)(H,26,30)/t17-/m0/s1. The third-order valence-corrected chi connectivity index (χ3v) is 6.14. The summed E-state index contributed by atoms with van der Waals surface area (Å²) in [5, 5.41) is 15.2. The van der Waals surface area contributed by atoms with Crippen LogP contribution in [-0.2, 0) is 17.8 Å². The highest BCUT2D eigenvalue weighted by Crippen LogP contribution is 2.24. The zero-order valence-electron chi connectivity index (χ0n) is 18.9. The molecular weight excluding hydrogens is 422 g/mol. The number of nitrogens with zero attached hydrogens (tertiary/aromatic N) is 3.